The zero-order valence-electron chi connectivity index (χ0n) is 10.0. The molecule has 90 valence electrons. The van der Waals surface area contributed by atoms with Crippen molar-refractivity contribution in [2.45, 2.75) is 26.4 Å². The van der Waals surface area contributed by atoms with Crippen molar-refractivity contribution in [2.75, 3.05) is 0 Å². The number of hydrogen-bond donors (Lipinski definition) is 1. The summed E-state index contributed by atoms with van der Waals surface area (Å²) in [6.45, 7) is 5.38. The van der Waals surface area contributed by atoms with Crippen LogP contribution in [0.5, 0.6) is 0 Å². The minimum absolute atomic E-state index is 0.356. The fourth-order valence-corrected chi connectivity index (χ4v) is 1.59. The molecule has 2 rings (SSSR count). The normalized spacial score (nSPS) is 11.8. The Hall–Kier alpha value is -1.84. The zero-order chi connectivity index (χ0) is 12.6. The number of H-pyrrole nitrogens is 1. The van der Waals surface area contributed by atoms with Crippen LogP contribution in [0.4, 0.5) is 4.39 Å². The van der Waals surface area contributed by atoms with Crippen LogP contribution in [0.15, 0.2) is 24.4 Å². The Morgan fingerprint density at radius 3 is 2.71 bits per heavy atom. The van der Waals surface area contributed by atoms with Gasteiger partial charge in [-0.3, -0.25) is 0 Å². The molecule has 3 nitrogen and oxygen atoms in total. The first-order chi connectivity index (χ1) is 7.87. The smallest absolute Gasteiger partial charge is 0.340 e. The lowest BCUT2D eigenvalue weighted by Crippen LogP contribution is -2.23. The van der Waals surface area contributed by atoms with Gasteiger partial charge in [-0.15, -0.1) is 0 Å². The minimum atomic E-state index is -0.562. The van der Waals surface area contributed by atoms with Crippen LogP contribution < -0.4 is 0 Å². The SMILES string of the molecule is CC(C)(C)OC(=O)c1c[nH]c2ccc(F)cc12. The van der Waals surface area contributed by atoms with Crippen LogP contribution in [-0.2, 0) is 4.74 Å². The molecule has 0 aliphatic carbocycles. The van der Waals surface area contributed by atoms with Crippen LogP contribution >= 0.6 is 0 Å². The summed E-state index contributed by atoms with van der Waals surface area (Å²) in [6, 6.07) is 4.27. The number of ether oxygens (including phenoxy) is 1. The van der Waals surface area contributed by atoms with E-state index in [9.17, 15) is 9.18 Å². The number of hydrogen-bond acceptors (Lipinski definition) is 2. The minimum Gasteiger partial charge on any atom is -0.456 e. The molecule has 4 heteroatoms. The molecule has 0 unspecified atom stereocenters. The summed E-state index contributed by atoms with van der Waals surface area (Å²) in [5.41, 5.74) is 0.509. The van der Waals surface area contributed by atoms with Crippen molar-refractivity contribution in [1.82, 2.24) is 4.98 Å². The molecule has 0 saturated carbocycles. The van der Waals surface area contributed by atoms with Gasteiger partial charge in [-0.25, -0.2) is 9.18 Å². The molecule has 0 saturated heterocycles. The largest absolute Gasteiger partial charge is 0.456 e. The molecule has 0 bridgehead atoms. The maximum atomic E-state index is 13.1. The van der Waals surface area contributed by atoms with E-state index in [4.69, 9.17) is 4.74 Å². The highest BCUT2D eigenvalue weighted by atomic mass is 19.1. The number of rotatable bonds is 1. The molecule has 0 aliphatic heterocycles. The third-order valence-electron chi connectivity index (χ3n) is 2.26. The summed E-state index contributed by atoms with van der Waals surface area (Å²) >= 11 is 0. The van der Waals surface area contributed by atoms with Gasteiger partial charge in [0, 0.05) is 17.1 Å². The predicted molar refractivity (Wildman–Crippen MR) is 63.4 cm³/mol. The first-order valence-corrected chi connectivity index (χ1v) is 5.37. The monoisotopic (exact) mass is 235 g/mol. The molecule has 0 fully saturated rings. The van der Waals surface area contributed by atoms with E-state index in [1.54, 1.807) is 26.8 Å². The Bertz CT molecular complexity index is 566. The highest BCUT2D eigenvalue weighted by molar-refractivity contribution is 6.04. The second-order valence-electron chi connectivity index (χ2n) is 4.89. The van der Waals surface area contributed by atoms with E-state index in [-0.39, 0.29) is 5.82 Å². The summed E-state index contributed by atoms with van der Waals surface area (Å²) in [6.07, 6.45) is 1.54. The number of fused-ring (bicyclic) bond motifs is 1. The number of aromatic nitrogens is 1. The highest BCUT2D eigenvalue weighted by Crippen LogP contribution is 2.22. The van der Waals surface area contributed by atoms with Gasteiger partial charge in [-0.2, -0.15) is 0 Å². The Labute approximate surface area is 98.6 Å². The molecule has 1 aromatic carbocycles. The quantitative estimate of drug-likeness (QED) is 0.771. The summed E-state index contributed by atoms with van der Waals surface area (Å²) in [5.74, 6) is -0.823. The van der Waals surface area contributed by atoms with Crippen LogP contribution in [0.3, 0.4) is 0 Å². The van der Waals surface area contributed by atoms with Crippen molar-refractivity contribution >= 4 is 16.9 Å². The van der Waals surface area contributed by atoms with Crippen LogP contribution in [0.1, 0.15) is 31.1 Å². The van der Waals surface area contributed by atoms with Gasteiger partial charge < -0.3 is 9.72 Å². The average molecular weight is 235 g/mol. The van der Waals surface area contributed by atoms with Crippen molar-refractivity contribution in [3.05, 3.63) is 35.8 Å². The number of aromatic amines is 1. The molecule has 1 N–H and O–H groups in total. The number of carbonyl (C=O) groups excluding carboxylic acids is 1. The number of benzene rings is 1. The summed E-state index contributed by atoms with van der Waals surface area (Å²) in [7, 11) is 0. The van der Waals surface area contributed by atoms with E-state index in [0.29, 0.717) is 16.5 Å². The van der Waals surface area contributed by atoms with Crippen LogP contribution in [0.25, 0.3) is 10.9 Å². The van der Waals surface area contributed by atoms with Gasteiger partial charge in [0.2, 0.25) is 0 Å². The Morgan fingerprint density at radius 2 is 2.06 bits per heavy atom. The maximum absolute atomic E-state index is 13.1. The Kier molecular flexibility index (Phi) is 2.65. The highest BCUT2D eigenvalue weighted by Gasteiger charge is 2.20. The molecule has 1 heterocycles. The van der Waals surface area contributed by atoms with Gasteiger partial charge in [0.15, 0.2) is 0 Å². The fourth-order valence-electron chi connectivity index (χ4n) is 1.59. The second kappa shape index (κ2) is 3.87. The summed E-state index contributed by atoms with van der Waals surface area (Å²) < 4.78 is 18.4. The lowest BCUT2D eigenvalue weighted by Gasteiger charge is -2.19. The van der Waals surface area contributed by atoms with Crippen LogP contribution in [0.2, 0.25) is 0 Å². The molecule has 0 aliphatic rings. The van der Waals surface area contributed by atoms with Crippen molar-refractivity contribution in [2.24, 2.45) is 0 Å². The van der Waals surface area contributed by atoms with E-state index in [1.807, 2.05) is 0 Å². The number of esters is 1. The van der Waals surface area contributed by atoms with Crippen molar-refractivity contribution < 1.29 is 13.9 Å². The molecule has 17 heavy (non-hydrogen) atoms. The molecule has 0 atom stereocenters. The van der Waals surface area contributed by atoms with Crippen molar-refractivity contribution in [3.8, 4) is 0 Å². The predicted octanol–water partition coefficient (Wildman–Crippen LogP) is 3.26. The lowest BCUT2D eigenvalue weighted by atomic mass is 10.1. The topological polar surface area (TPSA) is 42.1 Å². The third-order valence-corrected chi connectivity index (χ3v) is 2.26. The van der Waals surface area contributed by atoms with E-state index in [0.717, 1.165) is 0 Å². The van der Waals surface area contributed by atoms with E-state index >= 15 is 0 Å². The summed E-state index contributed by atoms with van der Waals surface area (Å²) in [4.78, 5) is 14.8. The third kappa shape index (κ3) is 2.46. The molecule has 2 aromatic rings. The Morgan fingerprint density at radius 1 is 1.35 bits per heavy atom. The van der Waals surface area contributed by atoms with Gasteiger partial charge in [0.1, 0.15) is 11.4 Å². The van der Waals surface area contributed by atoms with E-state index in [1.165, 1.54) is 18.3 Å². The van der Waals surface area contributed by atoms with E-state index < -0.39 is 11.6 Å². The first-order valence-electron chi connectivity index (χ1n) is 5.37. The van der Waals surface area contributed by atoms with Crippen molar-refractivity contribution in [3.63, 3.8) is 0 Å². The number of nitrogens with one attached hydrogen (secondary N) is 1. The number of carbonyl (C=O) groups is 1. The summed E-state index contributed by atoms with van der Waals surface area (Å²) in [5, 5.41) is 0.541. The van der Waals surface area contributed by atoms with Gasteiger partial charge in [-0.05, 0) is 39.0 Å². The Balaban J connectivity index is 2.42. The second-order valence-corrected chi connectivity index (χ2v) is 4.89. The maximum Gasteiger partial charge on any atom is 0.340 e. The molecular formula is C13H14FNO2. The van der Waals surface area contributed by atoms with Gasteiger partial charge in [-0.1, -0.05) is 0 Å². The van der Waals surface area contributed by atoms with Gasteiger partial charge in [0.25, 0.3) is 0 Å². The van der Waals surface area contributed by atoms with Gasteiger partial charge >= 0.3 is 5.97 Å². The molecule has 0 amide bonds. The first kappa shape index (κ1) is 11.6. The zero-order valence-corrected chi connectivity index (χ0v) is 10.0. The molecular weight excluding hydrogens is 221 g/mol. The van der Waals surface area contributed by atoms with Crippen molar-refractivity contribution in [1.29, 1.82) is 0 Å². The molecule has 0 radical (unpaired) electrons. The van der Waals surface area contributed by atoms with Crippen LogP contribution in [0, 0.1) is 5.82 Å². The molecule has 0 spiro atoms. The average Bonchev–Trinajstić information content (AvgIpc) is 2.57. The fraction of sp³-hybridized carbons (Fsp3) is 0.308. The standard InChI is InChI=1S/C13H14FNO2/c1-13(2,3)17-12(16)10-7-15-11-5-4-8(14)6-9(10)11/h4-7,15H,1-3H3. The van der Waals surface area contributed by atoms with Gasteiger partial charge in [0.05, 0.1) is 5.56 Å². The number of halogens is 1. The lowest BCUT2D eigenvalue weighted by molar-refractivity contribution is 0.00719. The molecule has 1 aromatic heterocycles. The van der Waals surface area contributed by atoms with E-state index in [2.05, 4.69) is 4.98 Å². The van der Waals surface area contributed by atoms with Crippen LogP contribution in [-0.4, -0.2) is 16.6 Å².